The fourth-order valence-corrected chi connectivity index (χ4v) is 2.89. The Kier molecular flexibility index (Phi) is 3.14. The normalized spacial score (nSPS) is 14.4. The SMILES string of the molecule is O=C1C=CC(=O)N1c1ccc(Sc2ncsn2)cc1. The van der Waals surface area contributed by atoms with Gasteiger partial charge in [0.05, 0.1) is 5.69 Å². The average Bonchev–Trinajstić information content (AvgIpc) is 3.02. The molecule has 0 saturated heterocycles. The Labute approximate surface area is 117 Å². The Balaban J connectivity index is 1.79. The molecule has 0 spiro atoms. The first-order chi connectivity index (χ1) is 9.24. The lowest BCUT2D eigenvalue weighted by atomic mass is 10.3. The molecule has 2 amide bonds. The highest BCUT2D eigenvalue weighted by atomic mass is 32.2. The Bertz CT molecular complexity index is 632. The van der Waals surface area contributed by atoms with E-state index in [0.717, 1.165) is 9.80 Å². The molecular formula is C12H7N3O2S2. The monoisotopic (exact) mass is 289 g/mol. The number of carbonyl (C=O) groups excluding carboxylic acids is 2. The van der Waals surface area contributed by atoms with E-state index in [4.69, 9.17) is 0 Å². The second-order valence-electron chi connectivity index (χ2n) is 3.65. The summed E-state index contributed by atoms with van der Waals surface area (Å²) in [4.78, 5) is 29.2. The van der Waals surface area contributed by atoms with Crippen molar-refractivity contribution in [2.75, 3.05) is 4.90 Å². The van der Waals surface area contributed by atoms with Crippen molar-refractivity contribution in [3.8, 4) is 0 Å². The maximum Gasteiger partial charge on any atom is 0.258 e. The third kappa shape index (κ3) is 2.42. The minimum Gasteiger partial charge on any atom is -0.269 e. The molecule has 0 unspecified atom stereocenters. The van der Waals surface area contributed by atoms with Crippen molar-refractivity contribution in [3.05, 3.63) is 41.9 Å². The highest BCUT2D eigenvalue weighted by Gasteiger charge is 2.24. The molecule has 2 heterocycles. The molecule has 1 aromatic carbocycles. The van der Waals surface area contributed by atoms with Gasteiger partial charge >= 0.3 is 0 Å². The minimum atomic E-state index is -0.313. The number of aromatic nitrogens is 2. The molecule has 0 aliphatic carbocycles. The van der Waals surface area contributed by atoms with E-state index >= 15 is 0 Å². The van der Waals surface area contributed by atoms with Gasteiger partial charge in [-0.1, -0.05) is 0 Å². The second kappa shape index (κ2) is 4.94. The molecule has 0 fully saturated rings. The zero-order valence-electron chi connectivity index (χ0n) is 9.52. The van der Waals surface area contributed by atoms with E-state index in [9.17, 15) is 9.59 Å². The molecule has 0 saturated carbocycles. The van der Waals surface area contributed by atoms with Gasteiger partial charge < -0.3 is 0 Å². The van der Waals surface area contributed by atoms with Gasteiger partial charge in [-0.25, -0.2) is 9.88 Å². The predicted octanol–water partition coefficient (Wildman–Crippen LogP) is 2.12. The van der Waals surface area contributed by atoms with Gasteiger partial charge in [0.2, 0.25) is 5.16 Å². The zero-order valence-corrected chi connectivity index (χ0v) is 11.1. The summed E-state index contributed by atoms with van der Waals surface area (Å²) in [5.74, 6) is -0.627. The number of amides is 2. The lowest BCUT2D eigenvalue weighted by Crippen LogP contribution is -2.29. The lowest BCUT2D eigenvalue weighted by Gasteiger charge is -2.13. The molecule has 0 N–H and O–H groups in total. The maximum absolute atomic E-state index is 11.5. The van der Waals surface area contributed by atoms with Gasteiger partial charge in [0.1, 0.15) is 5.51 Å². The number of hydrogen-bond donors (Lipinski definition) is 0. The van der Waals surface area contributed by atoms with Gasteiger partial charge in [-0.2, -0.15) is 4.37 Å². The smallest absolute Gasteiger partial charge is 0.258 e. The quantitative estimate of drug-likeness (QED) is 0.810. The van der Waals surface area contributed by atoms with Gasteiger partial charge in [-0.05, 0) is 47.6 Å². The summed E-state index contributed by atoms with van der Waals surface area (Å²) in [5.41, 5.74) is 2.24. The summed E-state index contributed by atoms with van der Waals surface area (Å²) in [6, 6.07) is 7.13. The van der Waals surface area contributed by atoms with Crippen LogP contribution < -0.4 is 4.90 Å². The van der Waals surface area contributed by atoms with E-state index in [0.29, 0.717) is 10.8 Å². The van der Waals surface area contributed by atoms with E-state index in [2.05, 4.69) is 9.36 Å². The van der Waals surface area contributed by atoms with Crippen LogP contribution in [-0.4, -0.2) is 21.2 Å². The van der Waals surface area contributed by atoms with Crippen LogP contribution in [0.3, 0.4) is 0 Å². The topological polar surface area (TPSA) is 63.2 Å². The van der Waals surface area contributed by atoms with Crippen LogP contribution in [0.4, 0.5) is 5.69 Å². The molecule has 3 rings (SSSR count). The van der Waals surface area contributed by atoms with Crippen LogP contribution in [0.2, 0.25) is 0 Å². The largest absolute Gasteiger partial charge is 0.269 e. The Morgan fingerprint density at radius 3 is 2.32 bits per heavy atom. The Hall–Kier alpha value is -1.99. The molecule has 0 atom stereocenters. The number of hydrogen-bond acceptors (Lipinski definition) is 6. The van der Waals surface area contributed by atoms with Crippen molar-refractivity contribution < 1.29 is 9.59 Å². The number of rotatable bonds is 3. The third-order valence-corrected chi connectivity index (χ3v) is 3.94. The first kappa shape index (κ1) is 12.1. The third-order valence-electron chi connectivity index (χ3n) is 2.45. The Morgan fingerprint density at radius 1 is 1.05 bits per heavy atom. The second-order valence-corrected chi connectivity index (χ2v) is 5.30. The number of nitrogens with zero attached hydrogens (tertiary/aromatic N) is 3. The van der Waals surface area contributed by atoms with Crippen molar-refractivity contribution in [3.63, 3.8) is 0 Å². The van der Waals surface area contributed by atoms with Crippen molar-refractivity contribution in [2.24, 2.45) is 0 Å². The van der Waals surface area contributed by atoms with Crippen LogP contribution in [0.5, 0.6) is 0 Å². The lowest BCUT2D eigenvalue weighted by molar-refractivity contribution is -0.119. The van der Waals surface area contributed by atoms with Crippen LogP contribution in [0, 0.1) is 0 Å². The molecule has 0 radical (unpaired) electrons. The van der Waals surface area contributed by atoms with E-state index in [1.807, 2.05) is 12.1 Å². The highest BCUT2D eigenvalue weighted by Crippen LogP contribution is 2.28. The number of imide groups is 1. The number of carbonyl (C=O) groups is 2. The predicted molar refractivity (Wildman–Crippen MR) is 72.1 cm³/mol. The van der Waals surface area contributed by atoms with Gasteiger partial charge in [-0.3, -0.25) is 9.59 Å². The summed E-state index contributed by atoms with van der Waals surface area (Å²) in [5, 5.41) is 0.688. The van der Waals surface area contributed by atoms with Crippen molar-refractivity contribution in [1.29, 1.82) is 0 Å². The molecule has 1 aromatic heterocycles. The van der Waals surface area contributed by atoms with Gasteiger partial charge in [-0.15, -0.1) is 0 Å². The van der Waals surface area contributed by atoms with Crippen molar-refractivity contribution in [2.45, 2.75) is 10.1 Å². The molecule has 0 bridgehead atoms. The van der Waals surface area contributed by atoms with Crippen molar-refractivity contribution >= 4 is 40.8 Å². The summed E-state index contributed by atoms with van der Waals surface area (Å²) in [6.45, 7) is 0. The maximum atomic E-state index is 11.5. The van der Waals surface area contributed by atoms with Crippen molar-refractivity contribution in [1.82, 2.24) is 9.36 Å². The summed E-state index contributed by atoms with van der Waals surface area (Å²) >= 11 is 2.73. The molecule has 1 aliphatic rings. The fraction of sp³-hybridized carbons (Fsp3) is 0. The van der Waals surface area contributed by atoms with Crippen LogP contribution in [0.15, 0.2) is 52.0 Å². The first-order valence-corrected chi connectivity index (χ1v) is 7.00. The zero-order chi connectivity index (χ0) is 13.2. The average molecular weight is 289 g/mol. The highest BCUT2D eigenvalue weighted by molar-refractivity contribution is 7.99. The molecule has 2 aromatic rings. The Morgan fingerprint density at radius 2 is 1.74 bits per heavy atom. The minimum absolute atomic E-state index is 0.313. The molecule has 19 heavy (non-hydrogen) atoms. The van der Waals surface area contributed by atoms with Gasteiger partial charge in [0.15, 0.2) is 0 Å². The molecule has 5 nitrogen and oxygen atoms in total. The summed E-state index contributed by atoms with van der Waals surface area (Å²) < 4.78 is 4.10. The van der Waals surface area contributed by atoms with Gasteiger partial charge in [0, 0.05) is 17.0 Å². The number of anilines is 1. The summed E-state index contributed by atoms with van der Waals surface area (Å²) in [7, 11) is 0. The van der Waals surface area contributed by atoms with Crippen LogP contribution in [0.25, 0.3) is 0 Å². The first-order valence-electron chi connectivity index (χ1n) is 5.34. The fourth-order valence-electron chi connectivity index (χ4n) is 1.63. The van der Waals surface area contributed by atoms with E-state index in [-0.39, 0.29) is 11.8 Å². The molecule has 94 valence electrons. The van der Waals surface area contributed by atoms with Crippen LogP contribution in [-0.2, 0) is 9.59 Å². The van der Waals surface area contributed by atoms with Gasteiger partial charge in [0.25, 0.3) is 11.8 Å². The summed E-state index contributed by atoms with van der Waals surface area (Å²) in [6.07, 6.45) is 2.54. The molecular weight excluding hydrogens is 282 g/mol. The van der Waals surface area contributed by atoms with Crippen LogP contribution >= 0.6 is 23.3 Å². The number of benzene rings is 1. The van der Waals surface area contributed by atoms with E-state index in [1.54, 1.807) is 17.6 Å². The van der Waals surface area contributed by atoms with Crippen LogP contribution in [0.1, 0.15) is 0 Å². The van der Waals surface area contributed by atoms with E-state index in [1.165, 1.54) is 35.4 Å². The van der Waals surface area contributed by atoms with E-state index < -0.39 is 0 Å². The molecule has 1 aliphatic heterocycles. The molecule has 7 heteroatoms. The standard InChI is InChI=1S/C12H7N3O2S2/c16-10-5-6-11(17)15(10)8-1-3-9(4-2-8)19-12-13-7-18-14-12/h1-7H.